The number of anilines is 2. The van der Waals surface area contributed by atoms with Crippen LogP contribution in [0.5, 0.6) is 0 Å². The standard InChI is InChI=1S/C21H23ClN4S/c1-13-6-5-7-19(14(13)2)23-21(27)24-20-15(3)25-26(16(20)4)12-17-8-10-18(22)11-9-17/h5-11H,12H2,1-4H3,(H2,23,24,27). The van der Waals surface area contributed by atoms with Crippen LogP contribution in [-0.2, 0) is 6.54 Å². The second kappa shape index (κ2) is 8.11. The third-order valence-electron chi connectivity index (χ3n) is 4.72. The number of aromatic nitrogens is 2. The van der Waals surface area contributed by atoms with Crippen LogP contribution in [0.3, 0.4) is 0 Å². The smallest absolute Gasteiger partial charge is 0.175 e. The van der Waals surface area contributed by atoms with Gasteiger partial charge in [0.15, 0.2) is 5.11 Å². The Bertz CT molecular complexity index is 977. The maximum atomic E-state index is 5.97. The van der Waals surface area contributed by atoms with Crippen molar-refractivity contribution in [1.29, 1.82) is 0 Å². The average Bonchev–Trinajstić information content (AvgIpc) is 2.88. The molecule has 0 radical (unpaired) electrons. The van der Waals surface area contributed by atoms with E-state index in [0.29, 0.717) is 11.7 Å². The predicted octanol–water partition coefficient (Wildman–Crippen LogP) is 5.63. The number of benzene rings is 2. The summed E-state index contributed by atoms with van der Waals surface area (Å²) in [5, 5.41) is 12.5. The Balaban J connectivity index is 1.75. The van der Waals surface area contributed by atoms with Gasteiger partial charge in [0.2, 0.25) is 0 Å². The molecule has 0 atom stereocenters. The first-order chi connectivity index (χ1) is 12.8. The van der Waals surface area contributed by atoms with Crippen molar-refractivity contribution in [2.24, 2.45) is 0 Å². The van der Waals surface area contributed by atoms with Crippen molar-refractivity contribution >= 4 is 40.3 Å². The Morgan fingerprint density at radius 3 is 2.44 bits per heavy atom. The van der Waals surface area contributed by atoms with Crippen LogP contribution in [0.25, 0.3) is 0 Å². The van der Waals surface area contributed by atoms with Crippen LogP contribution in [0.2, 0.25) is 5.02 Å². The van der Waals surface area contributed by atoms with Gasteiger partial charge in [0, 0.05) is 10.7 Å². The van der Waals surface area contributed by atoms with Gasteiger partial charge in [0.25, 0.3) is 0 Å². The molecule has 2 N–H and O–H groups in total. The molecule has 0 aliphatic carbocycles. The van der Waals surface area contributed by atoms with E-state index in [0.717, 1.165) is 33.3 Å². The second-order valence-electron chi connectivity index (χ2n) is 6.66. The third kappa shape index (κ3) is 4.49. The van der Waals surface area contributed by atoms with E-state index in [1.54, 1.807) is 0 Å². The highest BCUT2D eigenvalue weighted by Crippen LogP contribution is 2.23. The number of halogens is 1. The molecule has 0 saturated carbocycles. The highest BCUT2D eigenvalue weighted by Gasteiger charge is 2.13. The van der Waals surface area contributed by atoms with Crippen LogP contribution in [0.4, 0.5) is 11.4 Å². The Morgan fingerprint density at radius 1 is 1.04 bits per heavy atom. The fourth-order valence-electron chi connectivity index (χ4n) is 2.95. The van der Waals surface area contributed by atoms with Crippen LogP contribution < -0.4 is 10.6 Å². The minimum absolute atomic E-state index is 0.556. The number of hydrogen-bond donors (Lipinski definition) is 2. The molecule has 0 unspecified atom stereocenters. The summed E-state index contributed by atoms with van der Waals surface area (Å²) in [6, 6.07) is 14.0. The van der Waals surface area contributed by atoms with E-state index < -0.39 is 0 Å². The van der Waals surface area contributed by atoms with Gasteiger partial charge < -0.3 is 10.6 Å². The van der Waals surface area contributed by atoms with Crippen molar-refractivity contribution in [1.82, 2.24) is 9.78 Å². The number of hydrogen-bond acceptors (Lipinski definition) is 2. The summed E-state index contributed by atoms with van der Waals surface area (Å²) < 4.78 is 1.97. The van der Waals surface area contributed by atoms with Crippen molar-refractivity contribution in [3.8, 4) is 0 Å². The van der Waals surface area contributed by atoms with E-state index in [1.807, 2.05) is 54.9 Å². The van der Waals surface area contributed by atoms with Gasteiger partial charge in [-0.3, -0.25) is 4.68 Å². The molecule has 1 aromatic heterocycles. The summed E-state index contributed by atoms with van der Waals surface area (Å²) in [6.07, 6.45) is 0. The van der Waals surface area contributed by atoms with Gasteiger partial charge in [0.1, 0.15) is 0 Å². The van der Waals surface area contributed by atoms with Gasteiger partial charge in [-0.05, 0) is 74.8 Å². The highest BCUT2D eigenvalue weighted by molar-refractivity contribution is 7.80. The molecule has 4 nitrogen and oxygen atoms in total. The molecule has 0 bridgehead atoms. The van der Waals surface area contributed by atoms with Gasteiger partial charge in [0.05, 0.1) is 23.6 Å². The minimum atomic E-state index is 0.556. The van der Waals surface area contributed by atoms with E-state index in [-0.39, 0.29) is 0 Å². The zero-order valence-electron chi connectivity index (χ0n) is 15.9. The van der Waals surface area contributed by atoms with Gasteiger partial charge in [-0.15, -0.1) is 0 Å². The lowest BCUT2D eigenvalue weighted by Gasteiger charge is -2.14. The lowest BCUT2D eigenvalue weighted by atomic mass is 10.1. The number of thiocarbonyl (C=S) groups is 1. The molecule has 0 saturated heterocycles. The Hall–Kier alpha value is -2.37. The minimum Gasteiger partial charge on any atom is -0.332 e. The van der Waals surface area contributed by atoms with Crippen LogP contribution in [-0.4, -0.2) is 14.9 Å². The fourth-order valence-corrected chi connectivity index (χ4v) is 3.29. The van der Waals surface area contributed by atoms with E-state index >= 15 is 0 Å². The van der Waals surface area contributed by atoms with Gasteiger partial charge >= 0.3 is 0 Å². The molecule has 0 fully saturated rings. The van der Waals surface area contributed by atoms with E-state index in [4.69, 9.17) is 23.8 Å². The van der Waals surface area contributed by atoms with Gasteiger partial charge in [-0.25, -0.2) is 0 Å². The quantitative estimate of drug-likeness (QED) is 0.559. The molecule has 3 aromatic rings. The maximum absolute atomic E-state index is 5.97. The van der Waals surface area contributed by atoms with E-state index in [2.05, 4.69) is 35.6 Å². The van der Waals surface area contributed by atoms with Crippen molar-refractivity contribution in [2.75, 3.05) is 10.6 Å². The number of nitrogens with zero attached hydrogens (tertiary/aromatic N) is 2. The molecule has 140 valence electrons. The summed E-state index contributed by atoms with van der Waals surface area (Å²) in [7, 11) is 0. The first-order valence-electron chi connectivity index (χ1n) is 8.78. The Kier molecular flexibility index (Phi) is 5.82. The van der Waals surface area contributed by atoms with Crippen molar-refractivity contribution in [3.05, 3.63) is 75.6 Å². The molecule has 27 heavy (non-hydrogen) atoms. The number of aryl methyl sites for hydroxylation is 2. The molecule has 1 heterocycles. The summed E-state index contributed by atoms with van der Waals surface area (Å²) in [4.78, 5) is 0. The SMILES string of the molecule is Cc1cccc(NC(=S)Nc2c(C)nn(Cc3ccc(Cl)cc3)c2C)c1C. The third-order valence-corrected chi connectivity index (χ3v) is 5.17. The molecule has 0 amide bonds. The molecule has 0 aliphatic rings. The maximum Gasteiger partial charge on any atom is 0.175 e. The van der Waals surface area contributed by atoms with Crippen LogP contribution in [0, 0.1) is 27.7 Å². The summed E-state index contributed by atoms with van der Waals surface area (Å²) in [5.41, 5.74) is 7.45. The Labute approximate surface area is 170 Å². The number of nitrogens with one attached hydrogen (secondary N) is 2. The van der Waals surface area contributed by atoms with E-state index in [1.165, 1.54) is 11.1 Å². The zero-order valence-corrected chi connectivity index (χ0v) is 17.5. The first kappa shape index (κ1) is 19.4. The average molecular weight is 399 g/mol. The topological polar surface area (TPSA) is 41.9 Å². The molecule has 0 aliphatic heterocycles. The lowest BCUT2D eigenvalue weighted by molar-refractivity contribution is 0.659. The largest absolute Gasteiger partial charge is 0.332 e. The Morgan fingerprint density at radius 2 is 1.74 bits per heavy atom. The van der Waals surface area contributed by atoms with Crippen molar-refractivity contribution in [2.45, 2.75) is 34.2 Å². The first-order valence-corrected chi connectivity index (χ1v) is 9.56. The van der Waals surface area contributed by atoms with Crippen LogP contribution in [0.15, 0.2) is 42.5 Å². The number of rotatable bonds is 4. The summed E-state index contributed by atoms with van der Waals surface area (Å²) in [6.45, 7) is 8.88. The van der Waals surface area contributed by atoms with Gasteiger partial charge in [-0.1, -0.05) is 35.9 Å². The monoisotopic (exact) mass is 398 g/mol. The zero-order chi connectivity index (χ0) is 19.6. The van der Waals surface area contributed by atoms with Crippen molar-refractivity contribution in [3.63, 3.8) is 0 Å². The van der Waals surface area contributed by atoms with E-state index in [9.17, 15) is 0 Å². The van der Waals surface area contributed by atoms with Crippen molar-refractivity contribution < 1.29 is 0 Å². The molecule has 6 heteroatoms. The van der Waals surface area contributed by atoms with Crippen LogP contribution in [0.1, 0.15) is 28.1 Å². The molecular weight excluding hydrogens is 376 g/mol. The normalized spacial score (nSPS) is 10.7. The summed E-state index contributed by atoms with van der Waals surface area (Å²) >= 11 is 11.5. The van der Waals surface area contributed by atoms with Crippen LogP contribution >= 0.6 is 23.8 Å². The molecular formula is C21H23ClN4S. The lowest BCUT2D eigenvalue weighted by Crippen LogP contribution is -2.20. The molecule has 3 rings (SSSR count). The molecule has 0 spiro atoms. The van der Waals surface area contributed by atoms with Gasteiger partial charge in [-0.2, -0.15) is 5.10 Å². The molecule has 2 aromatic carbocycles. The highest BCUT2D eigenvalue weighted by atomic mass is 35.5. The fraction of sp³-hybridized carbons (Fsp3) is 0.238. The summed E-state index contributed by atoms with van der Waals surface area (Å²) in [5.74, 6) is 0. The second-order valence-corrected chi connectivity index (χ2v) is 7.50. The predicted molar refractivity (Wildman–Crippen MR) is 118 cm³/mol.